The van der Waals surface area contributed by atoms with Crippen molar-refractivity contribution in [3.05, 3.63) is 6.29 Å². The third-order valence-corrected chi connectivity index (χ3v) is 2.69. The zero-order valence-electron chi connectivity index (χ0n) is 8.14. The Balaban J connectivity index is 1.73. The van der Waals surface area contributed by atoms with E-state index in [9.17, 15) is 0 Å². The maximum atomic E-state index is 5.66. The zero-order chi connectivity index (χ0) is 8.82. The maximum absolute atomic E-state index is 5.66. The summed E-state index contributed by atoms with van der Waals surface area (Å²) in [6.07, 6.45) is 5.44. The van der Waals surface area contributed by atoms with Crippen molar-refractivity contribution < 1.29 is 9.47 Å². The molecule has 0 unspecified atom stereocenters. The molecule has 0 saturated heterocycles. The third-order valence-electron chi connectivity index (χ3n) is 2.69. The first-order valence-electron chi connectivity index (χ1n) is 4.73. The minimum atomic E-state index is 0.106. The first kappa shape index (κ1) is 8.52. The highest BCUT2D eigenvalue weighted by molar-refractivity contribution is 4.96. The highest BCUT2D eigenvalue weighted by Gasteiger charge is 2.45. The van der Waals surface area contributed by atoms with E-state index in [-0.39, 0.29) is 11.2 Å². The number of hydrogen-bond acceptors (Lipinski definition) is 2. The highest BCUT2D eigenvalue weighted by Crippen LogP contribution is 2.45. The predicted octanol–water partition coefficient (Wildman–Crippen LogP) is 2.63. The van der Waals surface area contributed by atoms with Gasteiger partial charge in [0.15, 0.2) is 0 Å². The zero-order valence-corrected chi connectivity index (χ0v) is 8.14. The van der Waals surface area contributed by atoms with Crippen LogP contribution in [-0.4, -0.2) is 11.2 Å². The van der Waals surface area contributed by atoms with Gasteiger partial charge in [-0.3, -0.25) is 0 Å². The summed E-state index contributed by atoms with van der Waals surface area (Å²) in [5, 5.41) is 0. The van der Waals surface area contributed by atoms with Crippen LogP contribution in [0.5, 0.6) is 0 Å². The van der Waals surface area contributed by atoms with Gasteiger partial charge in [-0.2, -0.15) is 0 Å². The molecule has 1 radical (unpaired) electrons. The molecule has 0 amide bonds. The van der Waals surface area contributed by atoms with Crippen LogP contribution in [0.4, 0.5) is 0 Å². The summed E-state index contributed by atoms with van der Waals surface area (Å²) in [4.78, 5) is 0. The van der Waals surface area contributed by atoms with Gasteiger partial charge in [0.05, 0.1) is 11.2 Å². The van der Waals surface area contributed by atoms with Crippen molar-refractivity contribution in [2.75, 3.05) is 0 Å². The number of rotatable bonds is 4. The fraction of sp³-hybridized carbons (Fsp3) is 0.900. The second-order valence-corrected chi connectivity index (χ2v) is 4.60. The van der Waals surface area contributed by atoms with Crippen LogP contribution in [0.3, 0.4) is 0 Å². The Labute approximate surface area is 74.2 Å². The average molecular weight is 169 g/mol. The van der Waals surface area contributed by atoms with Crippen molar-refractivity contribution in [1.29, 1.82) is 0 Å². The monoisotopic (exact) mass is 169 g/mol. The van der Waals surface area contributed by atoms with E-state index in [1.807, 2.05) is 6.92 Å². The quantitative estimate of drug-likeness (QED) is 0.644. The SMILES string of the molecule is C[C](OC1(C)CC1)OC1(C)CC1. The van der Waals surface area contributed by atoms with Gasteiger partial charge in [0.2, 0.25) is 6.29 Å². The van der Waals surface area contributed by atoms with E-state index in [2.05, 4.69) is 13.8 Å². The molecular weight excluding hydrogens is 152 g/mol. The van der Waals surface area contributed by atoms with Gasteiger partial charge in [0.25, 0.3) is 0 Å². The van der Waals surface area contributed by atoms with Crippen LogP contribution in [0.25, 0.3) is 0 Å². The standard InChI is InChI=1S/C10H17O2/c1-8(11-9(2)4-5-9)12-10(3)6-7-10/h4-7H2,1-3H3. The molecule has 0 aliphatic heterocycles. The normalized spacial score (nSPS) is 29.0. The Bertz CT molecular complexity index is 160. The van der Waals surface area contributed by atoms with Crippen molar-refractivity contribution in [2.24, 2.45) is 0 Å². The molecule has 0 aromatic carbocycles. The summed E-state index contributed by atoms with van der Waals surface area (Å²) in [6.45, 7) is 6.19. The Morgan fingerprint density at radius 1 is 0.917 bits per heavy atom. The molecule has 2 heteroatoms. The van der Waals surface area contributed by atoms with E-state index >= 15 is 0 Å². The summed E-state index contributed by atoms with van der Waals surface area (Å²) in [6, 6.07) is 0. The van der Waals surface area contributed by atoms with E-state index in [0.717, 1.165) is 6.29 Å². The van der Waals surface area contributed by atoms with Crippen LogP contribution in [-0.2, 0) is 9.47 Å². The molecule has 2 saturated carbocycles. The lowest BCUT2D eigenvalue weighted by atomic mass is 10.4. The predicted molar refractivity (Wildman–Crippen MR) is 46.4 cm³/mol. The molecule has 0 aromatic heterocycles. The van der Waals surface area contributed by atoms with Crippen molar-refractivity contribution in [3.63, 3.8) is 0 Å². The van der Waals surface area contributed by atoms with Crippen molar-refractivity contribution in [1.82, 2.24) is 0 Å². The van der Waals surface area contributed by atoms with Crippen LogP contribution in [0.1, 0.15) is 46.5 Å². The Morgan fingerprint density at radius 3 is 1.50 bits per heavy atom. The summed E-state index contributed by atoms with van der Waals surface area (Å²) >= 11 is 0. The maximum Gasteiger partial charge on any atom is 0.221 e. The van der Waals surface area contributed by atoms with Gasteiger partial charge in [-0.1, -0.05) is 0 Å². The lowest BCUT2D eigenvalue weighted by Gasteiger charge is -2.20. The van der Waals surface area contributed by atoms with Gasteiger partial charge in [0.1, 0.15) is 0 Å². The molecule has 0 atom stereocenters. The van der Waals surface area contributed by atoms with Gasteiger partial charge < -0.3 is 9.47 Å². The van der Waals surface area contributed by atoms with Crippen molar-refractivity contribution >= 4 is 0 Å². The van der Waals surface area contributed by atoms with Gasteiger partial charge >= 0.3 is 0 Å². The third kappa shape index (κ3) is 1.99. The highest BCUT2D eigenvalue weighted by atomic mass is 16.7. The van der Waals surface area contributed by atoms with E-state index in [4.69, 9.17) is 9.47 Å². The fourth-order valence-corrected chi connectivity index (χ4v) is 1.27. The van der Waals surface area contributed by atoms with E-state index in [0.29, 0.717) is 0 Å². The lowest BCUT2D eigenvalue weighted by Crippen LogP contribution is -2.19. The van der Waals surface area contributed by atoms with Gasteiger partial charge in [-0.25, -0.2) is 0 Å². The van der Waals surface area contributed by atoms with Gasteiger partial charge in [0, 0.05) is 0 Å². The molecule has 2 rings (SSSR count). The molecule has 0 aromatic rings. The smallest absolute Gasteiger partial charge is 0.221 e. The molecule has 0 heterocycles. The fourth-order valence-electron chi connectivity index (χ4n) is 1.27. The first-order valence-corrected chi connectivity index (χ1v) is 4.73. The van der Waals surface area contributed by atoms with Crippen LogP contribution in [0.2, 0.25) is 0 Å². The topological polar surface area (TPSA) is 18.5 Å². The second kappa shape index (κ2) is 2.46. The molecule has 69 valence electrons. The molecule has 0 N–H and O–H groups in total. The van der Waals surface area contributed by atoms with E-state index in [1.54, 1.807) is 0 Å². The minimum Gasteiger partial charge on any atom is -0.339 e. The Hall–Kier alpha value is -0.0800. The number of hydrogen-bond donors (Lipinski definition) is 0. The summed E-state index contributed by atoms with van der Waals surface area (Å²) in [5.41, 5.74) is 0.213. The molecular formula is C10H17O2. The first-order chi connectivity index (χ1) is 5.52. The molecule has 0 spiro atoms. The summed E-state index contributed by atoms with van der Waals surface area (Å²) in [7, 11) is 0. The second-order valence-electron chi connectivity index (χ2n) is 4.60. The van der Waals surface area contributed by atoms with Crippen molar-refractivity contribution in [2.45, 2.75) is 57.7 Å². The average Bonchev–Trinajstić information content (AvgIpc) is 2.76. The molecule has 12 heavy (non-hydrogen) atoms. The van der Waals surface area contributed by atoms with Crippen LogP contribution in [0, 0.1) is 6.29 Å². The lowest BCUT2D eigenvalue weighted by molar-refractivity contribution is -0.110. The van der Waals surface area contributed by atoms with E-state index in [1.165, 1.54) is 25.7 Å². The summed E-state index contributed by atoms with van der Waals surface area (Å²) in [5.74, 6) is 0. The Kier molecular flexibility index (Phi) is 1.74. The number of ether oxygens (including phenoxy) is 2. The molecule has 2 nitrogen and oxygen atoms in total. The van der Waals surface area contributed by atoms with Gasteiger partial charge in [-0.05, 0) is 46.5 Å². The van der Waals surface area contributed by atoms with E-state index < -0.39 is 0 Å². The molecule has 2 aliphatic carbocycles. The molecule has 2 aliphatic rings. The van der Waals surface area contributed by atoms with Crippen molar-refractivity contribution in [3.8, 4) is 0 Å². The van der Waals surface area contributed by atoms with Crippen LogP contribution in [0.15, 0.2) is 0 Å². The summed E-state index contributed by atoms with van der Waals surface area (Å²) < 4.78 is 11.3. The van der Waals surface area contributed by atoms with Gasteiger partial charge in [-0.15, -0.1) is 0 Å². The Morgan fingerprint density at radius 2 is 1.25 bits per heavy atom. The van der Waals surface area contributed by atoms with Crippen LogP contribution >= 0.6 is 0 Å². The minimum absolute atomic E-state index is 0.106. The van der Waals surface area contributed by atoms with Crippen LogP contribution < -0.4 is 0 Å². The molecule has 0 bridgehead atoms. The largest absolute Gasteiger partial charge is 0.339 e. The molecule has 2 fully saturated rings.